The first kappa shape index (κ1) is 25.6. The fourth-order valence-electron chi connectivity index (χ4n) is 3.53. The zero-order chi connectivity index (χ0) is 24.6. The lowest BCUT2D eigenvalue weighted by Crippen LogP contribution is -2.55. The Balaban J connectivity index is 2.03. The third-order valence-electron chi connectivity index (χ3n) is 5.06. The van der Waals surface area contributed by atoms with E-state index in [0.717, 1.165) is 0 Å². The second-order valence-electron chi connectivity index (χ2n) is 7.89. The van der Waals surface area contributed by atoms with E-state index >= 15 is 0 Å². The molecule has 3 rings (SSSR count). The molecule has 1 heterocycles. The fourth-order valence-corrected chi connectivity index (χ4v) is 4.11. The molecule has 3 N–H and O–H groups in total. The van der Waals surface area contributed by atoms with Gasteiger partial charge in [0.05, 0.1) is 21.7 Å². The minimum absolute atomic E-state index is 0.0583. The van der Waals surface area contributed by atoms with E-state index in [2.05, 4.69) is 9.84 Å². The summed E-state index contributed by atoms with van der Waals surface area (Å²) in [6, 6.07) is 8.49. The molecular weight excluding hydrogens is 496 g/mol. The summed E-state index contributed by atoms with van der Waals surface area (Å²) >= 11 is 12.2. The van der Waals surface area contributed by atoms with Gasteiger partial charge in [-0.2, -0.15) is 0 Å². The molecule has 1 aliphatic heterocycles. The van der Waals surface area contributed by atoms with Gasteiger partial charge in [-0.3, -0.25) is 14.1 Å². The second kappa shape index (κ2) is 9.72. The number of amides is 1. The average Bonchev–Trinajstić information content (AvgIpc) is 2.70. The maximum atomic E-state index is 13.1. The van der Waals surface area contributed by atoms with Gasteiger partial charge in [0.2, 0.25) is 0 Å². The highest BCUT2D eigenvalue weighted by Crippen LogP contribution is 2.43. The normalized spacial score (nSPS) is 19.4. The molecule has 9 nitrogen and oxygen atoms in total. The minimum Gasteiger partial charge on any atom is -0.485 e. The predicted molar refractivity (Wildman–Crippen MR) is 121 cm³/mol. The summed E-state index contributed by atoms with van der Waals surface area (Å²) < 4.78 is 27.2. The Morgan fingerprint density at radius 3 is 2.55 bits per heavy atom. The fraction of sp³-hybridized carbons (Fsp3) is 0.333. The number of fused-ring (bicyclic) bond motifs is 1. The van der Waals surface area contributed by atoms with E-state index in [1.807, 2.05) is 0 Å². The molecule has 0 aliphatic carbocycles. The molecule has 0 fully saturated rings. The molecule has 33 heavy (non-hydrogen) atoms. The molecule has 0 saturated heterocycles. The van der Waals surface area contributed by atoms with E-state index in [1.165, 1.54) is 19.1 Å². The van der Waals surface area contributed by atoms with Crippen LogP contribution in [-0.2, 0) is 13.8 Å². The molecule has 2 aromatic carbocycles. The summed E-state index contributed by atoms with van der Waals surface area (Å²) in [7, 11) is -4.80. The highest BCUT2D eigenvalue weighted by atomic mass is 35.5. The summed E-state index contributed by atoms with van der Waals surface area (Å²) in [6.45, 7) is 4.00. The summed E-state index contributed by atoms with van der Waals surface area (Å²) in [5, 5.41) is 3.08. The lowest BCUT2D eigenvalue weighted by Gasteiger charge is -2.44. The molecule has 0 bridgehead atoms. The van der Waals surface area contributed by atoms with Crippen molar-refractivity contribution in [1.82, 2.24) is 5.32 Å². The standard InChI is InChI=1S/C21H22Cl2NO8P/c1-11(25)12-7-8-16-14(9-12)18(24-20(26)13-5-4-6-15(22)17(13)23)19(21(2,3)32-16)30-10-31-33(27,28)29/h4-9,18-19H,10H2,1-3H3,(H,24,26)(H2,27,28,29)/t18-,19-/m1/s1. The van der Waals surface area contributed by atoms with E-state index in [4.69, 9.17) is 42.5 Å². The van der Waals surface area contributed by atoms with Crippen LogP contribution in [-0.4, -0.2) is 40.0 Å². The third kappa shape index (κ3) is 5.94. The van der Waals surface area contributed by atoms with Crippen LogP contribution in [0.4, 0.5) is 0 Å². The molecule has 0 aromatic heterocycles. The average molecular weight is 518 g/mol. The number of hydrogen-bond donors (Lipinski definition) is 3. The van der Waals surface area contributed by atoms with Gasteiger partial charge >= 0.3 is 7.82 Å². The smallest absolute Gasteiger partial charge is 0.471 e. The van der Waals surface area contributed by atoms with Gasteiger partial charge in [-0.15, -0.1) is 0 Å². The van der Waals surface area contributed by atoms with Crippen LogP contribution in [0.5, 0.6) is 5.75 Å². The monoisotopic (exact) mass is 517 g/mol. The number of benzene rings is 2. The molecule has 1 amide bonds. The first-order chi connectivity index (χ1) is 15.3. The number of phosphoric acid groups is 1. The molecule has 0 saturated carbocycles. The predicted octanol–water partition coefficient (Wildman–Crippen LogP) is 4.29. The Kier molecular flexibility index (Phi) is 7.55. The molecule has 2 atom stereocenters. The van der Waals surface area contributed by atoms with Crippen molar-refractivity contribution in [2.24, 2.45) is 0 Å². The van der Waals surface area contributed by atoms with Gasteiger partial charge < -0.3 is 24.6 Å². The number of ether oxygens (including phenoxy) is 2. The summed E-state index contributed by atoms with van der Waals surface area (Å²) in [4.78, 5) is 43.1. The van der Waals surface area contributed by atoms with Gasteiger partial charge in [0.25, 0.3) is 5.91 Å². The van der Waals surface area contributed by atoms with Gasteiger partial charge in [-0.25, -0.2) is 4.57 Å². The van der Waals surface area contributed by atoms with Crippen LogP contribution >= 0.6 is 31.0 Å². The quantitative estimate of drug-likeness (QED) is 0.281. The van der Waals surface area contributed by atoms with Crippen molar-refractivity contribution in [3.8, 4) is 5.75 Å². The van der Waals surface area contributed by atoms with Crippen LogP contribution < -0.4 is 10.1 Å². The number of ketones is 1. The molecule has 0 radical (unpaired) electrons. The molecule has 12 heteroatoms. The van der Waals surface area contributed by atoms with Crippen molar-refractivity contribution in [3.63, 3.8) is 0 Å². The topological polar surface area (TPSA) is 131 Å². The third-order valence-corrected chi connectivity index (χ3v) is 6.32. The van der Waals surface area contributed by atoms with Crippen molar-refractivity contribution < 1.29 is 37.9 Å². The number of halogens is 2. The highest BCUT2D eigenvalue weighted by Gasteiger charge is 2.46. The van der Waals surface area contributed by atoms with Gasteiger partial charge in [0.15, 0.2) is 12.6 Å². The van der Waals surface area contributed by atoms with Gasteiger partial charge in [0, 0.05) is 11.1 Å². The Labute approximate surface area is 200 Å². The van der Waals surface area contributed by atoms with E-state index in [9.17, 15) is 14.2 Å². The Bertz CT molecular complexity index is 1130. The van der Waals surface area contributed by atoms with Gasteiger partial charge in [-0.05, 0) is 51.1 Å². The summed E-state index contributed by atoms with van der Waals surface area (Å²) in [5.41, 5.74) is -0.140. The molecule has 0 spiro atoms. The lowest BCUT2D eigenvalue weighted by molar-refractivity contribution is -0.141. The Morgan fingerprint density at radius 1 is 1.21 bits per heavy atom. The number of hydrogen-bond acceptors (Lipinski definition) is 6. The number of rotatable bonds is 7. The first-order valence-electron chi connectivity index (χ1n) is 9.70. The zero-order valence-electron chi connectivity index (χ0n) is 17.9. The molecule has 2 aromatic rings. The number of phosphoric ester groups is 1. The van der Waals surface area contributed by atoms with Crippen molar-refractivity contribution >= 4 is 42.7 Å². The van der Waals surface area contributed by atoms with Crippen LogP contribution in [0, 0.1) is 0 Å². The Morgan fingerprint density at radius 2 is 1.91 bits per heavy atom. The number of nitrogens with one attached hydrogen (secondary N) is 1. The van der Waals surface area contributed by atoms with Crippen molar-refractivity contribution in [2.75, 3.05) is 6.79 Å². The SMILES string of the molecule is CC(=O)c1ccc2c(c1)[C@@H](NC(=O)c1cccc(Cl)c1Cl)[C@@H](OCOP(=O)(O)O)C(C)(C)O2. The van der Waals surface area contributed by atoms with Crippen LogP contribution in [0.2, 0.25) is 10.0 Å². The van der Waals surface area contributed by atoms with Crippen LogP contribution in [0.15, 0.2) is 36.4 Å². The van der Waals surface area contributed by atoms with E-state index in [-0.39, 0.29) is 21.4 Å². The highest BCUT2D eigenvalue weighted by molar-refractivity contribution is 7.46. The first-order valence-corrected chi connectivity index (χ1v) is 12.0. The molecule has 0 unspecified atom stereocenters. The largest absolute Gasteiger partial charge is 0.485 e. The maximum absolute atomic E-state index is 13.1. The van der Waals surface area contributed by atoms with E-state index in [1.54, 1.807) is 38.1 Å². The summed E-state index contributed by atoms with van der Waals surface area (Å²) in [6.07, 6.45) is -0.972. The van der Waals surface area contributed by atoms with Crippen molar-refractivity contribution in [2.45, 2.75) is 38.5 Å². The van der Waals surface area contributed by atoms with Crippen molar-refractivity contribution in [1.29, 1.82) is 0 Å². The van der Waals surface area contributed by atoms with Crippen LogP contribution in [0.25, 0.3) is 0 Å². The number of carbonyl (C=O) groups is 2. The van der Waals surface area contributed by atoms with Crippen LogP contribution in [0.3, 0.4) is 0 Å². The minimum atomic E-state index is -4.80. The van der Waals surface area contributed by atoms with Crippen molar-refractivity contribution in [3.05, 3.63) is 63.1 Å². The van der Waals surface area contributed by atoms with Crippen LogP contribution in [0.1, 0.15) is 53.1 Å². The Hall–Kier alpha value is -1.97. The number of carbonyl (C=O) groups excluding carboxylic acids is 2. The van der Waals surface area contributed by atoms with E-state index < -0.39 is 38.3 Å². The van der Waals surface area contributed by atoms with Gasteiger partial charge in [0.1, 0.15) is 17.5 Å². The summed E-state index contributed by atoms with van der Waals surface area (Å²) in [5.74, 6) is -0.370. The molecule has 1 aliphatic rings. The molecule has 178 valence electrons. The lowest BCUT2D eigenvalue weighted by atomic mass is 9.85. The van der Waals surface area contributed by atoms with E-state index in [0.29, 0.717) is 16.9 Å². The zero-order valence-corrected chi connectivity index (χ0v) is 20.3. The second-order valence-corrected chi connectivity index (χ2v) is 9.92. The number of Topliss-reactive ketones (excluding diaryl/α,β-unsaturated/α-hetero) is 1. The molecular formula is C21H22Cl2NO8P. The van der Waals surface area contributed by atoms with Gasteiger partial charge in [-0.1, -0.05) is 29.3 Å². The maximum Gasteiger partial charge on any atom is 0.471 e.